The van der Waals surface area contributed by atoms with Gasteiger partial charge in [0.1, 0.15) is 0 Å². The number of nitrogen functional groups attached to an aromatic ring is 1. The number of ketones is 1. The SMILES string of the molecule is CC(=O)c1ccc2c(c1)Cc1cc(N)ccc1-2. The zero-order chi connectivity index (χ0) is 12.0. The molecule has 2 heteroatoms. The van der Waals surface area contributed by atoms with Gasteiger partial charge in [-0.1, -0.05) is 18.2 Å². The van der Waals surface area contributed by atoms with Crippen molar-refractivity contribution in [2.45, 2.75) is 13.3 Å². The third kappa shape index (κ3) is 1.53. The Bertz CT molecular complexity index is 629. The number of rotatable bonds is 1. The average molecular weight is 223 g/mol. The Morgan fingerprint density at radius 1 is 1.06 bits per heavy atom. The van der Waals surface area contributed by atoms with E-state index in [1.807, 2.05) is 30.3 Å². The van der Waals surface area contributed by atoms with E-state index >= 15 is 0 Å². The highest BCUT2D eigenvalue weighted by atomic mass is 16.1. The van der Waals surface area contributed by atoms with Crippen molar-refractivity contribution in [1.29, 1.82) is 0 Å². The first-order valence-electron chi connectivity index (χ1n) is 5.68. The Labute approximate surface area is 100 Å². The van der Waals surface area contributed by atoms with Gasteiger partial charge in [-0.15, -0.1) is 0 Å². The van der Waals surface area contributed by atoms with Gasteiger partial charge in [0.2, 0.25) is 0 Å². The van der Waals surface area contributed by atoms with Gasteiger partial charge in [0.25, 0.3) is 0 Å². The standard InChI is InChI=1S/C15H13NO/c1-9(17)10-2-4-14-11(6-10)7-12-8-13(16)3-5-15(12)14/h2-6,8H,7,16H2,1H3. The fourth-order valence-electron chi connectivity index (χ4n) is 2.45. The van der Waals surface area contributed by atoms with E-state index in [-0.39, 0.29) is 5.78 Å². The number of hydrogen-bond donors (Lipinski definition) is 1. The third-order valence-electron chi connectivity index (χ3n) is 3.31. The van der Waals surface area contributed by atoms with Gasteiger partial charge in [-0.3, -0.25) is 4.79 Å². The van der Waals surface area contributed by atoms with E-state index in [4.69, 9.17) is 5.73 Å². The molecule has 0 atom stereocenters. The summed E-state index contributed by atoms with van der Waals surface area (Å²) in [6, 6.07) is 11.9. The molecule has 0 aliphatic heterocycles. The van der Waals surface area contributed by atoms with E-state index < -0.39 is 0 Å². The first-order valence-corrected chi connectivity index (χ1v) is 5.68. The highest BCUT2D eigenvalue weighted by molar-refractivity contribution is 5.95. The molecule has 2 aromatic rings. The molecule has 1 aliphatic carbocycles. The van der Waals surface area contributed by atoms with Crippen LogP contribution in [0.3, 0.4) is 0 Å². The molecule has 0 saturated heterocycles. The minimum atomic E-state index is 0.114. The van der Waals surface area contributed by atoms with Crippen LogP contribution in [0.2, 0.25) is 0 Å². The van der Waals surface area contributed by atoms with Gasteiger partial charge in [0.05, 0.1) is 0 Å². The van der Waals surface area contributed by atoms with Gasteiger partial charge in [0, 0.05) is 11.3 Å². The van der Waals surface area contributed by atoms with Crippen LogP contribution in [-0.4, -0.2) is 5.78 Å². The van der Waals surface area contributed by atoms with Crippen LogP contribution in [-0.2, 0) is 6.42 Å². The van der Waals surface area contributed by atoms with E-state index in [9.17, 15) is 4.79 Å². The van der Waals surface area contributed by atoms with Crippen molar-refractivity contribution in [1.82, 2.24) is 0 Å². The van der Waals surface area contributed by atoms with E-state index in [1.165, 1.54) is 22.3 Å². The van der Waals surface area contributed by atoms with Crippen LogP contribution in [0.1, 0.15) is 28.4 Å². The number of nitrogens with two attached hydrogens (primary N) is 1. The number of hydrogen-bond acceptors (Lipinski definition) is 2. The van der Waals surface area contributed by atoms with Gasteiger partial charge in [-0.25, -0.2) is 0 Å². The number of benzene rings is 2. The number of Topliss-reactive ketones (excluding diaryl/α,β-unsaturated/α-hetero) is 1. The van der Waals surface area contributed by atoms with E-state index in [0.29, 0.717) is 0 Å². The summed E-state index contributed by atoms with van der Waals surface area (Å²) in [7, 11) is 0. The lowest BCUT2D eigenvalue weighted by molar-refractivity contribution is 0.101. The first kappa shape index (κ1) is 10.1. The topological polar surface area (TPSA) is 43.1 Å². The highest BCUT2D eigenvalue weighted by Gasteiger charge is 2.19. The monoisotopic (exact) mass is 223 g/mol. The predicted molar refractivity (Wildman–Crippen MR) is 69.1 cm³/mol. The third-order valence-corrected chi connectivity index (χ3v) is 3.31. The summed E-state index contributed by atoms with van der Waals surface area (Å²) < 4.78 is 0. The molecule has 2 aromatic carbocycles. The number of carbonyl (C=O) groups is 1. The van der Waals surface area contributed by atoms with Crippen LogP contribution < -0.4 is 5.73 Å². The molecular weight excluding hydrogens is 210 g/mol. The van der Waals surface area contributed by atoms with E-state index in [2.05, 4.69) is 6.07 Å². The van der Waals surface area contributed by atoms with Crippen LogP contribution in [0.15, 0.2) is 36.4 Å². The summed E-state index contributed by atoms with van der Waals surface area (Å²) >= 11 is 0. The lowest BCUT2D eigenvalue weighted by Gasteiger charge is -2.02. The zero-order valence-corrected chi connectivity index (χ0v) is 9.66. The Kier molecular flexibility index (Phi) is 2.05. The summed E-state index contributed by atoms with van der Waals surface area (Å²) in [4.78, 5) is 11.4. The molecule has 0 aromatic heterocycles. The molecule has 0 radical (unpaired) electrons. The molecule has 0 fully saturated rings. The maximum Gasteiger partial charge on any atom is 0.159 e. The van der Waals surface area contributed by atoms with Crippen LogP contribution in [0, 0.1) is 0 Å². The van der Waals surface area contributed by atoms with Gasteiger partial charge < -0.3 is 5.73 Å². The van der Waals surface area contributed by atoms with Gasteiger partial charge in [-0.05, 0) is 53.8 Å². The second-order valence-electron chi connectivity index (χ2n) is 4.52. The lowest BCUT2D eigenvalue weighted by atomic mass is 10.0. The van der Waals surface area contributed by atoms with Crippen molar-refractivity contribution in [3.63, 3.8) is 0 Å². The maximum absolute atomic E-state index is 11.4. The lowest BCUT2D eigenvalue weighted by Crippen LogP contribution is -1.93. The summed E-state index contributed by atoms with van der Waals surface area (Å²) in [5.74, 6) is 0.114. The number of fused-ring (bicyclic) bond motifs is 3. The molecule has 3 rings (SSSR count). The summed E-state index contributed by atoms with van der Waals surface area (Å²) in [6.45, 7) is 1.60. The van der Waals surface area contributed by atoms with Crippen LogP contribution in [0.4, 0.5) is 5.69 Å². The number of carbonyl (C=O) groups excluding carboxylic acids is 1. The van der Waals surface area contributed by atoms with E-state index in [1.54, 1.807) is 6.92 Å². The quantitative estimate of drug-likeness (QED) is 0.509. The molecule has 2 nitrogen and oxygen atoms in total. The van der Waals surface area contributed by atoms with Crippen molar-refractivity contribution in [2.24, 2.45) is 0 Å². The fourth-order valence-corrected chi connectivity index (χ4v) is 2.45. The van der Waals surface area contributed by atoms with Crippen molar-refractivity contribution < 1.29 is 4.79 Å². The van der Waals surface area contributed by atoms with Crippen LogP contribution in [0.25, 0.3) is 11.1 Å². The molecule has 0 unspecified atom stereocenters. The maximum atomic E-state index is 11.4. The zero-order valence-electron chi connectivity index (χ0n) is 9.66. The smallest absolute Gasteiger partial charge is 0.159 e. The largest absolute Gasteiger partial charge is 0.399 e. The van der Waals surface area contributed by atoms with Crippen molar-refractivity contribution >= 4 is 11.5 Å². The molecule has 0 bridgehead atoms. The van der Waals surface area contributed by atoms with Crippen molar-refractivity contribution in [3.8, 4) is 11.1 Å². The van der Waals surface area contributed by atoms with Gasteiger partial charge in [-0.2, -0.15) is 0 Å². The van der Waals surface area contributed by atoms with Crippen molar-refractivity contribution in [3.05, 3.63) is 53.1 Å². The first-order chi connectivity index (χ1) is 8.15. The number of anilines is 1. The van der Waals surface area contributed by atoms with Gasteiger partial charge in [0.15, 0.2) is 5.78 Å². The molecule has 17 heavy (non-hydrogen) atoms. The molecule has 0 saturated carbocycles. The molecule has 0 heterocycles. The molecule has 0 amide bonds. The van der Waals surface area contributed by atoms with Crippen LogP contribution >= 0.6 is 0 Å². The minimum absolute atomic E-state index is 0.114. The Balaban J connectivity index is 2.15. The summed E-state index contributed by atoms with van der Waals surface area (Å²) in [5.41, 5.74) is 12.3. The summed E-state index contributed by atoms with van der Waals surface area (Å²) in [5, 5.41) is 0. The fraction of sp³-hybridized carbons (Fsp3) is 0.133. The molecule has 1 aliphatic rings. The second kappa shape index (κ2) is 3.45. The summed E-state index contributed by atoms with van der Waals surface area (Å²) in [6.07, 6.45) is 0.872. The molecule has 0 spiro atoms. The van der Waals surface area contributed by atoms with E-state index in [0.717, 1.165) is 17.7 Å². The molecule has 2 N–H and O–H groups in total. The second-order valence-corrected chi connectivity index (χ2v) is 4.52. The Hall–Kier alpha value is -2.09. The van der Waals surface area contributed by atoms with Crippen molar-refractivity contribution in [2.75, 3.05) is 5.73 Å². The van der Waals surface area contributed by atoms with Gasteiger partial charge >= 0.3 is 0 Å². The normalized spacial score (nSPS) is 12.1. The predicted octanol–water partition coefficient (Wildman–Crippen LogP) is 3.04. The Morgan fingerprint density at radius 2 is 1.71 bits per heavy atom. The average Bonchev–Trinajstić information content (AvgIpc) is 2.64. The highest BCUT2D eigenvalue weighted by Crippen LogP contribution is 2.37. The van der Waals surface area contributed by atoms with Crippen LogP contribution in [0.5, 0.6) is 0 Å². The minimum Gasteiger partial charge on any atom is -0.399 e. The molecular formula is C15H13NO. The molecule has 84 valence electrons. The Morgan fingerprint density at radius 3 is 2.41 bits per heavy atom.